The van der Waals surface area contributed by atoms with Crippen LogP contribution in [-0.4, -0.2) is 36.4 Å². The molecule has 0 fully saturated rings. The molecule has 0 spiro atoms. The Kier molecular flexibility index (Phi) is 50.5. The van der Waals surface area contributed by atoms with Crippen molar-refractivity contribution in [2.75, 3.05) is 13.2 Å². The van der Waals surface area contributed by atoms with Gasteiger partial charge in [-0.3, -0.25) is 9.59 Å². The van der Waals surface area contributed by atoms with E-state index in [0.29, 0.717) is 12.8 Å². The molecule has 0 radical (unpaired) electrons. The zero-order valence-electron chi connectivity index (χ0n) is 41.2. The Morgan fingerprint density at radius 3 is 0.938 bits per heavy atom. The number of hydrogen-bond donors (Lipinski definition) is 1. The van der Waals surface area contributed by atoms with Crippen LogP contribution in [0.15, 0.2) is 122 Å². The predicted octanol–water partition coefficient (Wildman–Crippen LogP) is 17.5. The number of hydrogen-bond acceptors (Lipinski definition) is 5. The molecule has 0 aromatic rings. The summed E-state index contributed by atoms with van der Waals surface area (Å²) in [6.07, 6.45) is 78.6. The van der Waals surface area contributed by atoms with Crippen molar-refractivity contribution in [3.8, 4) is 0 Å². The van der Waals surface area contributed by atoms with Crippen LogP contribution in [0.2, 0.25) is 0 Å². The van der Waals surface area contributed by atoms with Crippen LogP contribution >= 0.6 is 0 Å². The number of rotatable bonds is 46. The Hall–Kier alpha value is -3.70. The Morgan fingerprint density at radius 1 is 0.359 bits per heavy atom. The SMILES string of the molecule is CC/C=C\C/C=C\C/C=C\C/C=C\C/C=C\C/C=C\CCCCCCCCCCCCC(=O)OC(CO)COC(=O)CCCCCCCCCC/C=C\C/C=C\C/C=C\C/C=C\CC. The summed E-state index contributed by atoms with van der Waals surface area (Å²) in [6.45, 7) is 3.90. The van der Waals surface area contributed by atoms with Crippen LogP contribution in [0.3, 0.4) is 0 Å². The van der Waals surface area contributed by atoms with Gasteiger partial charge in [0.25, 0.3) is 0 Å². The molecular formula is C59H96O5. The van der Waals surface area contributed by atoms with E-state index in [1.165, 1.54) is 83.5 Å². The summed E-state index contributed by atoms with van der Waals surface area (Å²) in [5.41, 5.74) is 0. The molecule has 0 aliphatic carbocycles. The van der Waals surface area contributed by atoms with Gasteiger partial charge in [-0.05, 0) is 103 Å². The van der Waals surface area contributed by atoms with Crippen LogP contribution in [0.25, 0.3) is 0 Å². The molecule has 0 rings (SSSR count). The van der Waals surface area contributed by atoms with Gasteiger partial charge in [-0.1, -0.05) is 225 Å². The number of allylic oxidation sites excluding steroid dienone is 20. The number of esters is 2. The lowest BCUT2D eigenvalue weighted by molar-refractivity contribution is -0.161. The van der Waals surface area contributed by atoms with Crippen molar-refractivity contribution in [2.45, 2.75) is 225 Å². The number of carbonyl (C=O) groups excluding carboxylic acids is 2. The van der Waals surface area contributed by atoms with E-state index in [0.717, 1.165) is 109 Å². The maximum atomic E-state index is 12.3. The van der Waals surface area contributed by atoms with Crippen molar-refractivity contribution >= 4 is 11.9 Å². The van der Waals surface area contributed by atoms with E-state index in [9.17, 15) is 14.7 Å². The number of aliphatic hydroxyl groups is 1. The molecule has 0 aromatic carbocycles. The average molecular weight is 885 g/mol. The second-order valence-electron chi connectivity index (χ2n) is 16.8. The average Bonchev–Trinajstić information content (AvgIpc) is 3.30. The van der Waals surface area contributed by atoms with Gasteiger partial charge in [0.1, 0.15) is 6.61 Å². The summed E-state index contributed by atoms with van der Waals surface area (Å²) in [5.74, 6) is -0.611. The molecule has 0 heterocycles. The van der Waals surface area contributed by atoms with Crippen molar-refractivity contribution in [1.29, 1.82) is 0 Å². The summed E-state index contributed by atoms with van der Waals surface area (Å²) in [7, 11) is 0. The van der Waals surface area contributed by atoms with E-state index in [-0.39, 0.29) is 25.2 Å². The van der Waals surface area contributed by atoms with Crippen LogP contribution in [0.1, 0.15) is 219 Å². The van der Waals surface area contributed by atoms with E-state index >= 15 is 0 Å². The van der Waals surface area contributed by atoms with Crippen LogP contribution in [0, 0.1) is 0 Å². The van der Waals surface area contributed by atoms with Gasteiger partial charge in [0.2, 0.25) is 0 Å². The molecule has 0 saturated carbocycles. The highest BCUT2D eigenvalue weighted by molar-refractivity contribution is 5.70. The van der Waals surface area contributed by atoms with Gasteiger partial charge >= 0.3 is 11.9 Å². The lowest BCUT2D eigenvalue weighted by Crippen LogP contribution is -2.28. The van der Waals surface area contributed by atoms with E-state index in [1.54, 1.807) is 0 Å². The van der Waals surface area contributed by atoms with Gasteiger partial charge in [0.15, 0.2) is 6.10 Å². The van der Waals surface area contributed by atoms with Gasteiger partial charge in [0.05, 0.1) is 6.61 Å². The fraction of sp³-hybridized carbons (Fsp3) is 0.627. The maximum absolute atomic E-state index is 12.3. The highest BCUT2D eigenvalue weighted by Crippen LogP contribution is 2.14. The van der Waals surface area contributed by atoms with Gasteiger partial charge in [-0.15, -0.1) is 0 Å². The normalized spacial score (nSPS) is 13.2. The highest BCUT2D eigenvalue weighted by Gasteiger charge is 2.16. The summed E-state index contributed by atoms with van der Waals surface area (Å²) in [5, 5.41) is 9.64. The fourth-order valence-corrected chi connectivity index (χ4v) is 6.90. The molecule has 5 nitrogen and oxygen atoms in total. The molecule has 1 N–H and O–H groups in total. The fourth-order valence-electron chi connectivity index (χ4n) is 6.90. The third-order valence-corrected chi connectivity index (χ3v) is 10.8. The van der Waals surface area contributed by atoms with Crippen LogP contribution < -0.4 is 0 Å². The van der Waals surface area contributed by atoms with Gasteiger partial charge in [-0.25, -0.2) is 0 Å². The first-order valence-electron chi connectivity index (χ1n) is 26.1. The number of carbonyl (C=O) groups is 2. The molecular weight excluding hydrogens is 789 g/mol. The zero-order chi connectivity index (χ0) is 46.3. The van der Waals surface area contributed by atoms with Crippen molar-refractivity contribution in [1.82, 2.24) is 0 Å². The molecule has 0 aromatic heterocycles. The predicted molar refractivity (Wildman–Crippen MR) is 278 cm³/mol. The lowest BCUT2D eigenvalue weighted by atomic mass is 10.0. The Bertz CT molecular complexity index is 1320. The number of ether oxygens (including phenoxy) is 2. The van der Waals surface area contributed by atoms with Crippen molar-refractivity contribution < 1.29 is 24.2 Å². The standard InChI is InChI=1S/C59H96O5/c1-3-5-7-9-11-13-15-17-19-21-23-25-26-27-28-29-30-31-32-34-36-38-40-42-44-46-48-50-52-54-59(62)64-57(55-60)56-63-58(61)53-51-49-47-45-43-41-39-37-35-33-24-22-20-18-16-14-12-10-8-6-4-2/h5-8,11-14,17-20,23-25,27-28,30-31,33,57,60H,3-4,9-10,15-16,21-22,26,29,32,34-56H2,1-2H3/b7-5-,8-6-,13-11-,14-12-,19-17-,20-18-,25-23-,28-27-,31-30-,33-24-. The molecule has 0 bridgehead atoms. The number of unbranched alkanes of at least 4 members (excludes halogenated alkanes) is 18. The first-order valence-corrected chi connectivity index (χ1v) is 26.1. The Balaban J connectivity index is 3.57. The minimum absolute atomic E-state index is 0.0789. The molecule has 1 atom stereocenters. The van der Waals surface area contributed by atoms with Crippen molar-refractivity contribution in [3.05, 3.63) is 122 Å². The van der Waals surface area contributed by atoms with E-state index in [2.05, 4.69) is 135 Å². The van der Waals surface area contributed by atoms with E-state index in [4.69, 9.17) is 9.47 Å². The molecule has 0 saturated heterocycles. The first-order chi connectivity index (χ1) is 31.6. The summed E-state index contributed by atoms with van der Waals surface area (Å²) < 4.78 is 10.7. The highest BCUT2D eigenvalue weighted by atomic mass is 16.6. The zero-order valence-corrected chi connectivity index (χ0v) is 41.2. The molecule has 64 heavy (non-hydrogen) atoms. The van der Waals surface area contributed by atoms with Crippen LogP contribution in [0.5, 0.6) is 0 Å². The third kappa shape index (κ3) is 50.9. The van der Waals surface area contributed by atoms with E-state index in [1.807, 2.05) is 0 Å². The second kappa shape index (κ2) is 53.6. The molecule has 5 heteroatoms. The minimum atomic E-state index is -0.787. The minimum Gasteiger partial charge on any atom is -0.462 e. The molecule has 0 amide bonds. The van der Waals surface area contributed by atoms with Gasteiger partial charge < -0.3 is 14.6 Å². The van der Waals surface area contributed by atoms with Crippen molar-refractivity contribution in [3.63, 3.8) is 0 Å². The van der Waals surface area contributed by atoms with Crippen LogP contribution in [-0.2, 0) is 19.1 Å². The lowest BCUT2D eigenvalue weighted by Gasteiger charge is -2.15. The monoisotopic (exact) mass is 885 g/mol. The summed E-state index contributed by atoms with van der Waals surface area (Å²) in [6, 6.07) is 0. The van der Waals surface area contributed by atoms with Crippen LogP contribution in [0.4, 0.5) is 0 Å². The first kappa shape index (κ1) is 60.3. The maximum Gasteiger partial charge on any atom is 0.306 e. The largest absolute Gasteiger partial charge is 0.462 e. The van der Waals surface area contributed by atoms with E-state index < -0.39 is 6.10 Å². The molecule has 0 aliphatic rings. The summed E-state index contributed by atoms with van der Waals surface area (Å²) in [4.78, 5) is 24.5. The molecule has 1 unspecified atom stereocenters. The van der Waals surface area contributed by atoms with Gasteiger partial charge in [0, 0.05) is 12.8 Å². The molecule has 362 valence electrons. The Morgan fingerprint density at radius 2 is 0.625 bits per heavy atom. The van der Waals surface area contributed by atoms with Gasteiger partial charge in [-0.2, -0.15) is 0 Å². The topological polar surface area (TPSA) is 72.8 Å². The quantitative estimate of drug-likeness (QED) is 0.0375. The molecule has 0 aliphatic heterocycles. The second-order valence-corrected chi connectivity index (χ2v) is 16.8. The smallest absolute Gasteiger partial charge is 0.306 e. The Labute approximate surface area is 394 Å². The van der Waals surface area contributed by atoms with Crippen molar-refractivity contribution in [2.24, 2.45) is 0 Å². The number of aliphatic hydroxyl groups excluding tert-OH is 1. The summed E-state index contributed by atoms with van der Waals surface area (Å²) >= 11 is 0. The third-order valence-electron chi connectivity index (χ3n) is 10.8.